The maximum Gasteiger partial charge on any atom is 0.253 e. The highest BCUT2D eigenvalue weighted by molar-refractivity contribution is 7.91. The highest BCUT2D eigenvalue weighted by Crippen LogP contribution is 2.26. The molecular weight excluding hydrogens is 242 g/mol. The van der Waals surface area contributed by atoms with Crippen molar-refractivity contribution >= 4 is 21.7 Å². The van der Waals surface area contributed by atoms with Crippen LogP contribution < -0.4 is 10.6 Å². The third-order valence-electron chi connectivity index (χ3n) is 2.94. The van der Waals surface area contributed by atoms with Gasteiger partial charge in [0.15, 0.2) is 15.8 Å². The van der Waals surface area contributed by atoms with E-state index in [4.69, 9.17) is 0 Å². The lowest BCUT2D eigenvalue weighted by molar-refractivity contribution is -0.123. The molecule has 1 spiro atoms. The summed E-state index contributed by atoms with van der Waals surface area (Å²) in [4.78, 5) is 16.0. The number of sulfone groups is 1. The van der Waals surface area contributed by atoms with Gasteiger partial charge in [0, 0.05) is 6.54 Å². The first-order chi connectivity index (χ1) is 7.83. The molecule has 0 aromatic heterocycles. The molecule has 0 saturated carbocycles. The zero-order chi connectivity index (χ0) is 12.7. The van der Waals surface area contributed by atoms with Gasteiger partial charge in [-0.15, -0.1) is 0 Å². The third-order valence-corrected chi connectivity index (χ3v) is 4.70. The normalized spacial score (nSPS) is 33.4. The number of carbonyl (C=O) groups is 1. The topological polar surface area (TPSA) is 87.6 Å². The number of amides is 1. The van der Waals surface area contributed by atoms with E-state index < -0.39 is 15.4 Å². The second kappa shape index (κ2) is 3.97. The highest BCUT2D eigenvalue weighted by atomic mass is 32.2. The molecule has 1 amide bonds. The summed E-state index contributed by atoms with van der Waals surface area (Å²) in [5.74, 6) is 0.448. The van der Waals surface area contributed by atoms with Crippen LogP contribution in [0.4, 0.5) is 0 Å². The third kappa shape index (κ3) is 2.43. The monoisotopic (exact) mass is 259 g/mol. The molecule has 96 valence electrons. The van der Waals surface area contributed by atoms with Crippen LogP contribution in [0.3, 0.4) is 0 Å². The SMILES string of the molecule is CC(C)CN=C1NC(=O)C2(CCS(=O)(=O)C2)N1. The standard InChI is InChI=1S/C10H17N3O3S/c1-7(2)5-11-9-12-8(14)10(13-9)3-4-17(15,16)6-10/h7H,3-6H2,1-2H3,(H2,11,12,13,14). The van der Waals surface area contributed by atoms with Gasteiger partial charge in [-0.1, -0.05) is 13.8 Å². The van der Waals surface area contributed by atoms with Gasteiger partial charge in [0.2, 0.25) is 0 Å². The molecule has 2 N–H and O–H groups in total. The first kappa shape index (κ1) is 12.3. The van der Waals surface area contributed by atoms with Gasteiger partial charge in [0.1, 0.15) is 5.54 Å². The van der Waals surface area contributed by atoms with Gasteiger partial charge < -0.3 is 5.32 Å². The maximum absolute atomic E-state index is 11.8. The summed E-state index contributed by atoms with van der Waals surface area (Å²) in [7, 11) is -3.10. The van der Waals surface area contributed by atoms with Crippen LogP contribution in [0.25, 0.3) is 0 Å². The second-order valence-corrected chi connectivity index (χ2v) is 7.27. The van der Waals surface area contributed by atoms with Crippen LogP contribution in [-0.4, -0.2) is 43.9 Å². The molecule has 17 heavy (non-hydrogen) atoms. The number of nitrogens with one attached hydrogen (secondary N) is 2. The van der Waals surface area contributed by atoms with Crippen molar-refractivity contribution in [1.82, 2.24) is 10.6 Å². The van der Waals surface area contributed by atoms with Crippen molar-refractivity contribution in [3.05, 3.63) is 0 Å². The number of aliphatic imine (C=N–C) groups is 1. The lowest BCUT2D eigenvalue weighted by atomic mass is 10.0. The number of guanidine groups is 1. The molecule has 0 aliphatic carbocycles. The van der Waals surface area contributed by atoms with Crippen LogP contribution in [0.2, 0.25) is 0 Å². The molecule has 1 atom stereocenters. The molecule has 2 aliphatic heterocycles. The van der Waals surface area contributed by atoms with Crippen LogP contribution in [-0.2, 0) is 14.6 Å². The Hall–Kier alpha value is -1.11. The minimum absolute atomic E-state index is 0.0604. The van der Waals surface area contributed by atoms with Crippen LogP contribution in [0.5, 0.6) is 0 Å². The van der Waals surface area contributed by atoms with Crippen LogP contribution in [0.15, 0.2) is 4.99 Å². The fraction of sp³-hybridized carbons (Fsp3) is 0.800. The van der Waals surface area contributed by atoms with Gasteiger partial charge >= 0.3 is 0 Å². The van der Waals surface area contributed by atoms with E-state index in [1.54, 1.807) is 0 Å². The Kier molecular flexibility index (Phi) is 2.89. The summed E-state index contributed by atoms with van der Waals surface area (Å²) < 4.78 is 22.9. The molecule has 2 rings (SSSR count). The zero-order valence-corrected chi connectivity index (χ0v) is 10.8. The average molecular weight is 259 g/mol. The largest absolute Gasteiger partial charge is 0.341 e. The van der Waals surface area contributed by atoms with Crippen LogP contribution in [0, 0.1) is 5.92 Å². The Bertz CT molecular complexity index is 469. The number of rotatable bonds is 2. The van der Waals surface area contributed by atoms with E-state index in [0.717, 1.165) is 0 Å². The van der Waals surface area contributed by atoms with Crippen molar-refractivity contribution in [3.8, 4) is 0 Å². The van der Waals surface area contributed by atoms with Crippen LogP contribution >= 0.6 is 0 Å². The highest BCUT2D eigenvalue weighted by Gasteiger charge is 2.52. The van der Waals surface area contributed by atoms with E-state index >= 15 is 0 Å². The Morgan fingerprint density at radius 2 is 2.18 bits per heavy atom. The van der Waals surface area contributed by atoms with E-state index in [2.05, 4.69) is 15.6 Å². The molecule has 0 radical (unpaired) electrons. The maximum atomic E-state index is 11.8. The van der Waals surface area contributed by atoms with Crippen molar-refractivity contribution in [2.45, 2.75) is 25.8 Å². The van der Waals surface area contributed by atoms with Gasteiger partial charge in [0.05, 0.1) is 11.5 Å². The quantitative estimate of drug-likeness (QED) is 0.685. The average Bonchev–Trinajstić information content (AvgIpc) is 2.66. The van der Waals surface area contributed by atoms with E-state index in [9.17, 15) is 13.2 Å². The lowest BCUT2D eigenvalue weighted by Crippen LogP contribution is -2.48. The van der Waals surface area contributed by atoms with Gasteiger partial charge in [-0.25, -0.2) is 8.42 Å². The molecule has 2 fully saturated rings. The Balaban J connectivity index is 2.14. The fourth-order valence-electron chi connectivity index (χ4n) is 2.02. The number of hydrogen-bond donors (Lipinski definition) is 2. The molecular formula is C10H17N3O3S. The lowest BCUT2D eigenvalue weighted by Gasteiger charge is -2.17. The van der Waals surface area contributed by atoms with Gasteiger partial charge in [0.25, 0.3) is 5.91 Å². The molecule has 0 bridgehead atoms. The van der Waals surface area contributed by atoms with Crippen molar-refractivity contribution in [2.24, 2.45) is 10.9 Å². The summed E-state index contributed by atoms with van der Waals surface area (Å²) in [6.45, 7) is 4.65. The molecule has 0 aromatic rings. The first-order valence-corrected chi connectivity index (χ1v) is 7.50. The Morgan fingerprint density at radius 1 is 1.47 bits per heavy atom. The molecule has 2 aliphatic rings. The number of hydrogen-bond acceptors (Lipinski definition) is 4. The van der Waals surface area contributed by atoms with Crippen molar-refractivity contribution in [2.75, 3.05) is 18.1 Å². The summed E-state index contributed by atoms with van der Waals surface area (Å²) in [5.41, 5.74) is -0.978. The van der Waals surface area contributed by atoms with E-state index in [1.165, 1.54) is 0 Å². The summed E-state index contributed by atoms with van der Waals surface area (Å²) in [5, 5.41) is 5.55. The first-order valence-electron chi connectivity index (χ1n) is 5.67. The van der Waals surface area contributed by atoms with E-state index in [0.29, 0.717) is 24.8 Å². The smallest absolute Gasteiger partial charge is 0.253 e. The Labute approximate surface area is 101 Å². The van der Waals surface area contributed by atoms with Gasteiger partial charge in [-0.3, -0.25) is 15.1 Å². The number of nitrogens with zero attached hydrogens (tertiary/aromatic N) is 1. The van der Waals surface area contributed by atoms with Crippen molar-refractivity contribution in [1.29, 1.82) is 0 Å². The molecule has 0 aromatic carbocycles. The molecule has 2 heterocycles. The second-order valence-electron chi connectivity index (χ2n) is 5.09. The fourth-order valence-corrected chi connectivity index (χ4v) is 3.92. The number of carbonyl (C=O) groups excluding carboxylic acids is 1. The zero-order valence-electron chi connectivity index (χ0n) is 9.99. The Morgan fingerprint density at radius 3 is 2.71 bits per heavy atom. The predicted octanol–water partition coefficient (Wildman–Crippen LogP) is -0.725. The predicted molar refractivity (Wildman–Crippen MR) is 64.4 cm³/mol. The van der Waals surface area contributed by atoms with E-state index in [1.807, 2.05) is 13.8 Å². The minimum atomic E-state index is -3.10. The van der Waals surface area contributed by atoms with Crippen molar-refractivity contribution in [3.63, 3.8) is 0 Å². The summed E-state index contributed by atoms with van der Waals surface area (Å²) >= 11 is 0. The molecule has 6 nitrogen and oxygen atoms in total. The van der Waals surface area contributed by atoms with Crippen molar-refractivity contribution < 1.29 is 13.2 Å². The van der Waals surface area contributed by atoms with E-state index in [-0.39, 0.29) is 17.4 Å². The minimum Gasteiger partial charge on any atom is -0.341 e. The van der Waals surface area contributed by atoms with Crippen LogP contribution in [0.1, 0.15) is 20.3 Å². The molecule has 7 heteroatoms. The van der Waals surface area contributed by atoms with Gasteiger partial charge in [-0.05, 0) is 12.3 Å². The molecule has 1 unspecified atom stereocenters. The summed E-state index contributed by atoms with van der Waals surface area (Å²) in [6, 6.07) is 0. The molecule has 2 saturated heterocycles. The summed E-state index contributed by atoms with van der Waals surface area (Å²) in [6.07, 6.45) is 0.321. The van der Waals surface area contributed by atoms with Gasteiger partial charge in [-0.2, -0.15) is 0 Å².